The Labute approximate surface area is 160 Å². The highest BCUT2D eigenvalue weighted by Gasteiger charge is 2.30. The smallest absolute Gasteiger partial charge is 0.422 e. The SMILES string of the molecule is CS(C)(C)CCOCn1nc(-c2ccc(Br)cc2)nc1OCC(F)(F)F. The van der Waals surface area contributed by atoms with Gasteiger partial charge in [0.15, 0.2) is 12.4 Å². The summed E-state index contributed by atoms with van der Waals surface area (Å²) >= 11 is 3.33. The summed E-state index contributed by atoms with van der Waals surface area (Å²) in [5.41, 5.74) is 0.669. The van der Waals surface area contributed by atoms with Gasteiger partial charge in [0, 0.05) is 15.8 Å². The van der Waals surface area contributed by atoms with Gasteiger partial charge in [0.05, 0.1) is 6.61 Å². The summed E-state index contributed by atoms with van der Waals surface area (Å²) in [7, 11) is -0.715. The van der Waals surface area contributed by atoms with E-state index in [1.807, 2.05) is 0 Å². The predicted molar refractivity (Wildman–Crippen MR) is 101 cm³/mol. The van der Waals surface area contributed by atoms with Gasteiger partial charge >= 0.3 is 12.2 Å². The largest absolute Gasteiger partial charge is 0.454 e. The summed E-state index contributed by atoms with van der Waals surface area (Å²) in [6.07, 6.45) is 2.03. The number of alkyl halides is 3. The highest BCUT2D eigenvalue weighted by molar-refractivity contribution is 9.10. The third-order valence-electron chi connectivity index (χ3n) is 3.16. The fraction of sp³-hybridized carbons (Fsp3) is 0.500. The van der Waals surface area contributed by atoms with Crippen LogP contribution in [0.4, 0.5) is 13.2 Å². The van der Waals surface area contributed by atoms with E-state index >= 15 is 0 Å². The van der Waals surface area contributed by atoms with Gasteiger partial charge in [0.2, 0.25) is 0 Å². The van der Waals surface area contributed by atoms with Crippen LogP contribution in [-0.2, 0) is 11.5 Å². The quantitative estimate of drug-likeness (QED) is 0.556. The Morgan fingerprint density at radius 2 is 1.81 bits per heavy atom. The molecule has 0 spiro atoms. The van der Waals surface area contributed by atoms with Gasteiger partial charge in [-0.2, -0.15) is 22.8 Å². The lowest BCUT2D eigenvalue weighted by Gasteiger charge is -2.24. The van der Waals surface area contributed by atoms with Gasteiger partial charge in [0.1, 0.15) is 6.73 Å². The summed E-state index contributed by atoms with van der Waals surface area (Å²) < 4.78 is 49.8. The van der Waals surface area contributed by atoms with Gasteiger partial charge in [-0.05, 0) is 30.9 Å². The number of benzene rings is 1. The minimum atomic E-state index is -4.45. The van der Waals surface area contributed by atoms with Crippen molar-refractivity contribution in [1.29, 1.82) is 0 Å². The second kappa shape index (κ2) is 8.62. The number of rotatable bonds is 8. The van der Waals surface area contributed by atoms with Gasteiger partial charge in [0.25, 0.3) is 0 Å². The molecule has 2 aromatic rings. The molecule has 26 heavy (non-hydrogen) atoms. The molecule has 0 radical (unpaired) electrons. The Morgan fingerprint density at radius 1 is 1.15 bits per heavy atom. The lowest BCUT2D eigenvalue weighted by Crippen LogP contribution is -2.21. The number of nitrogens with zero attached hydrogens (tertiary/aromatic N) is 3. The molecule has 0 saturated heterocycles. The van der Waals surface area contributed by atoms with E-state index < -0.39 is 22.8 Å². The third kappa shape index (κ3) is 7.16. The molecule has 1 heterocycles. The molecule has 1 aromatic carbocycles. The van der Waals surface area contributed by atoms with Crippen LogP contribution in [0.2, 0.25) is 0 Å². The lowest BCUT2D eigenvalue weighted by atomic mass is 10.2. The highest BCUT2D eigenvalue weighted by atomic mass is 79.9. The minimum absolute atomic E-state index is 0.0216. The van der Waals surface area contributed by atoms with Crippen LogP contribution in [0.5, 0.6) is 6.01 Å². The Bertz CT molecular complexity index is 715. The van der Waals surface area contributed by atoms with Gasteiger partial charge in [-0.25, -0.2) is 10.0 Å². The Balaban J connectivity index is 2.13. The molecule has 0 aliphatic rings. The number of hydrogen-bond acceptors (Lipinski definition) is 4. The van der Waals surface area contributed by atoms with Crippen LogP contribution >= 0.6 is 26.0 Å². The fourth-order valence-corrected chi connectivity index (χ4v) is 2.73. The first-order chi connectivity index (χ1) is 12.0. The first-order valence-corrected chi connectivity index (χ1v) is 11.5. The first kappa shape index (κ1) is 21.0. The zero-order valence-corrected chi connectivity index (χ0v) is 17.1. The minimum Gasteiger partial charge on any atom is -0.454 e. The molecule has 0 N–H and O–H groups in total. The summed E-state index contributed by atoms with van der Waals surface area (Å²) in [4.78, 5) is 4.08. The first-order valence-electron chi connectivity index (χ1n) is 7.68. The van der Waals surface area contributed by atoms with Crippen molar-refractivity contribution in [3.8, 4) is 17.4 Å². The van der Waals surface area contributed by atoms with Crippen molar-refractivity contribution in [2.45, 2.75) is 12.9 Å². The molecule has 0 amide bonds. The van der Waals surface area contributed by atoms with E-state index in [0.717, 1.165) is 10.2 Å². The standard InChI is InChI=1S/C16H21BrF3N3O2S/c1-26(2,3)9-8-24-11-23-15(25-10-16(18,19)20)21-14(22-23)12-4-6-13(17)7-5-12/h4-7H,8-11H2,1-3H3. The van der Waals surface area contributed by atoms with Crippen molar-refractivity contribution in [3.63, 3.8) is 0 Å². The van der Waals surface area contributed by atoms with Crippen molar-refractivity contribution in [1.82, 2.24) is 14.8 Å². The van der Waals surface area contributed by atoms with E-state index in [0.29, 0.717) is 12.2 Å². The molecule has 146 valence electrons. The summed E-state index contributed by atoms with van der Waals surface area (Å²) in [6, 6.07) is 6.91. The zero-order valence-electron chi connectivity index (χ0n) is 14.7. The summed E-state index contributed by atoms with van der Waals surface area (Å²) in [5.74, 6) is 1.17. The van der Waals surface area contributed by atoms with Crippen LogP contribution in [0.3, 0.4) is 0 Å². The number of ether oxygens (including phenoxy) is 2. The highest BCUT2D eigenvalue weighted by Crippen LogP contribution is 2.33. The zero-order chi connectivity index (χ0) is 19.4. The predicted octanol–water partition coefficient (Wildman–Crippen LogP) is 4.32. The van der Waals surface area contributed by atoms with Crippen LogP contribution in [0.15, 0.2) is 28.7 Å². The van der Waals surface area contributed by atoms with Crippen LogP contribution in [0.1, 0.15) is 0 Å². The summed E-state index contributed by atoms with van der Waals surface area (Å²) in [5, 5.41) is 4.22. The maximum absolute atomic E-state index is 12.5. The maximum Gasteiger partial charge on any atom is 0.422 e. The molecule has 2 rings (SSSR count). The Kier molecular flexibility index (Phi) is 6.98. The van der Waals surface area contributed by atoms with Crippen molar-refractivity contribution >= 4 is 26.0 Å². The van der Waals surface area contributed by atoms with E-state index in [1.165, 1.54) is 4.68 Å². The topological polar surface area (TPSA) is 49.2 Å². The van der Waals surface area contributed by atoms with Gasteiger partial charge in [-0.3, -0.25) is 0 Å². The van der Waals surface area contributed by atoms with Crippen LogP contribution in [0, 0.1) is 0 Å². The molecule has 10 heteroatoms. The maximum atomic E-state index is 12.5. The van der Waals surface area contributed by atoms with E-state index in [2.05, 4.69) is 44.8 Å². The van der Waals surface area contributed by atoms with Gasteiger partial charge < -0.3 is 9.47 Å². The Morgan fingerprint density at radius 3 is 2.38 bits per heavy atom. The van der Waals surface area contributed by atoms with Crippen molar-refractivity contribution in [2.75, 3.05) is 37.7 Å². The summed E-state index contributed by atoms with van der Waals surface area (Å²) in [6.45, 7) is -0.963. The third-order valence-corrected chi connectivity index (χ3v) is 5.08. The van der Waals surface area contributed by atoms with E-state index in [4.69, 9.17) is 9.47 Å². The van der Waals surface area contributed by atoms with Gasteiger partial charge in [-0.15, -0.1) is 5.10 Å². The molecule has 1 aromatic heterocycles. The average Bonchev–Trinajstić information content (AvgIpc) is 2.92. The second-order valence-electron chi connectivity index (χ2n) is 6.46. The van der Waals surface area contributed by atoms with E-state index in [9.17, 15) is 13.2 Å². The molecule has 0 saturated carbocycles. The van der Waals surface area contributed by atoms with Crippen LogP contribution in [0.25, 0.3) is 11.4 Å². The number of aromatic nitrogens is 3. The number of halogens is 4. The number of hydrogen-bond donors (Lipinski definition) is 0. The van der Waals surface area contributed by atoms with E-state index in [-0.39, 0.29) is 18.6 Å². The molecule has 0 bridgehead atoms. The molecular formula is C16H21BrF3N3O2S. The van der Waals surface area contributed by atoms with Crippen LogP contribution < -0.4 is 4.74 Å². The molecule has 0 unspecified atom stereocenters. The lowest BCUT2D eigenvalue weighted by molar-refractivity contribution is -0.155. The van der Waals surface area contributed by atoms with Crippen LogP contribution in [-0.4, -0.2) is 58.7 Å². The van der Waals surface area contributed by atoms with Gasteiger partial charge in [-0.1, -0.05) is 28.1 Å². The second-order valence-corrected chi connectivity index (χ2v) is 12.0. The van der Waals surface area contributed by atoms with Crippen molar-refractivity contribution < 1.29 is 22.6 Å². The van der Waals surface area contributed by atoms with E-state index in [1.54, 1.807) is 24.3 Å². The molecule has 0 fully saturated rings. The molecular weight excluding hydrogens is 435 g/mol. The molecule has 0 atom stereocenters. The monoisotopic (exact) mass is 455 g/mol. The molecule has 0 aliphatic heterocycles. The van der Waals surface area contributed by atoms with Crippen molar-refractivity contribution in [2.24, 2.45) is 0 Å². The van der Waals surface area contributed by atoms with Crippen molar-refractivity contribution in [3.05, 3.63) is 28.7 Å². The molecule has 5 nitrogen and oxygen atoms in total. The molecule has 0 aliphatic carbocycles. The fourth-order valence-electron chi connectivity index (χ4n) is 1.85. The Hall–Kier alpha value is -1.26. The average molecular weight is 456 g/mol. The normalized spacial score (nSPS) is 13.0.